The minimum Gasteiger partial charge on any atom is -0.497 e. The summed E-state index contributed by atoms with van der Waals surface area (Å²) in [6, 6.07) is 11.8. The van der Waals surface area contributed by atoms with Crippen LogP contribution in [0.1, 0.15) is 34.8 Å². The molecule has 1 saturated heterocycles. The number of ether oxygens (including phenoxy) is 1. The van der Waals surface area contributed by atoms with Crippen molar-refractivity contribution >= 4 is 23.2 Å². The summed E-state index contributed by atoms with van der Waals surface area (Å²) in [6.07, 6.45) is 2.23. The topological polar surface area (TPSA) is 84.7 Å². The minimum absolute atomic E-state index is 0.00398. The van der Waals surface area contributed by atoms with E-state index >= 15 is 0 Å². The molecule has 0 aliphatic carbocycles. The summed E-state index contributed by atoms with van der Waals surface area (Å²) in [5.74, 6) is 0.283. The lowest BCUT2D eigenvalue weighted by Crippen LogP contribution is -2.37. The molecule has 0 spiro atoms. The Hall–Kier alpha value is -2.64. The van der Waals surface area contributed by atoms with E-state index in [1.807, 2.05) is 24.3 Å². The highest BCUT2D eigenvalue weighted by atomic mass is 35.5. The van der Waals surface area contributed by atoms with Crippen molar-refractivity contribution in [3.05, 3.63) is 68.7 Å². The van der Waals surface area contributed by atoms with Gasteiger partial charge in [-0.1, -0.05) is 23.7 Å². The van der Waals surface area contributed by atoms with Gasteiger partial charge in [-0.15, -0.1) is 0 Å². The second kappa shape index (κ2) is 9.03. The average molecular weight is 404 g/mol. The zero-order chi connectivity index (χ0) is 20.1. The molecule has 0 bridgehead atoms. The van der Waals surface area contributed by atoms with E-state index in [4.69, 9.17) is 16.3 Å². The van der Waals surface area contributed by atoms with Gasteiger partial charge in [0, 0.05) is 17.6 Å². The van der Waals surface area contributed by atoms with Gasteiger partial charge in [-0.2, -0.15) is 0 Å². The summed E-state index contributed by atoms with van der Waals surface area (Å²) in [5.41, 5.74) is 0.769. The number of halogens is 1. The molecule has 2 aromatic carbocycles. The van der Waals surface area contributed by atoms with Crippen LogP contribution in [0, 0.1) is 10.1 Å². The van der Waals surface area contributed by atoms with Crippen molar-refractivity contribution in [3.8, 4) is 5.75 Å². The van der Waals surface area contributed by atoms with Gasteiger partial charge in [-0.05, 0) is 55.8 Å². The highest BCUT2D eigenvalue weighted by molar-refractivity contribution is 6.31. The fraction of sp³-hybridized carbons (Fsp3) is 0.350. The van der Waals surface area contributed by atoms with Crippen molar-refractivity contribution in [2.24, 2.45) is 0 Å². The molecule has 28 heavy (non-hydrogen) atoms. The van der Waals surface area contributed by atoms with Crippen LogP contribution < -0.4 is 10.1 Å². The fourth-order valence-electron chi connectivity index (χ4n) is 3.47. The summed E-state index contributed by atoms with van der Waals surface area (Å²) in [7, 11) is 1.62. The molecule has 1 atom stereocenters. The number of nitrogens with one attached hydrogen (secondary N) is 1. The van der Waals surface area contributed by atoms with Crippen LogP contribution in [-0.4, -0.2) is 42.5 Å². The first-order valence-electron chi connectivity index (χ1n) is 9.09. The number of hydrogen-bond acceptors (Lipinski definition) is 5. The zero-order valence-corrected chi connectivity index (χ0v) is 16.3. The van der Waals surface area contributed by atoms with E-state index in [0.29, 0.717) is 6.54 Å². The molecular formula is C20H22ClN3O4. The Balaban J connectivity index is 1.78. The van der Waals surface area contributed by atoms with Gasteiger partial charge >= 0.3 is 0 Å². The molecule has 1 fully saturated rings. The Kier molecular flexibility index (Phi) is 6.49. The number of hydrogen-bond donors (Lipinski definition) is 1. The van der Waals surface area contributed by atoms with Crippen LogP contribution >= 0.6 is 11.6 Å². The van der Waals surface area contributed by atoms with E-state index in [2.05, 4.69) is 10.2 Å². The molecule has 1 aliphatic heterocycles. The van der Waals surface area contributed by atoms with E-state index in [1.54, 1.807) is 7.11 Å². The largest absolute Gasteiger partial charge is 0.497 e. The molecule has 3 rings (SSSR count). The molecule has 1 aliphatic rings. The smallest absolute Gasteiger partial charge is 0.283 e. The minimum atomic E-state index is -0.595. The number of methoxy groups -OCH3 is 1. The lowest BCUT2D eigenvalue weighted by Gasteiger charge is -2.28. The summed E-state index contributed by atoms with van der Waals surface area (Å²) in [5, 5.41) is 14.3. The van der Waals surface area contributed by atoms with Crippen LogP contribution in [0.15, 0.2) is 42.5 Å². The van der Waals surface area contributed by atoms with Crippen LogP contribution in [-0.2, 0) is 0 Å². The molecule has 1 amide bonds. The standard InChI is InChI=1S/C20H22ClN3O4/c1-28-16-7-4-14(5-8-16)19(23-10-2-3-11-23)13-22-20(25)17-9-6-15(21)12-18(17)24(26)27/h4-9,12,19H,2-3,10-11,13H2,1H3,(H,22,25). The Morgan fingerprint density at radius 1 is 1.25 bits per heavy atom. The third kappa shape index (κ3) is 4.61. The van der Waals surface area contributed by atoms with Crippen LogP contribution in [0.4, 0.5) is 5.69 Å². The average Bonchev–Trinajstić information content (AvgIpc) is 3.22. The maximum Gasteiger partial charge on any atom is 0.283 e. The first-order valence-corrected chi connectivity index (χ1v) is 9.47. The summed E-state index contributed by atoms with van der Waals surface area (Å²) < 4.78 is 5.22. The number of rotatable bonds is 7. The van der Waals surface area contributed by atoms with Gasteiger partial charge in [0.05, 0.1) is 18.1 Å². The number of amides is 1. The van der Waals surface area contributed by atoms with E-state index < -0.39 is 10.8 Å². The lowest BCUT2D eigenvalue weighted by atomic mass is 10.0. The van der Waals surface area contributed by atoms with E-state index in [-0.39, 0.29) is 22.3 Å². The van der Waals surface area contributed by atoms with Crippen molar-refractivity contribution in [2.75, 3.05) is 26.7 Å². The Bertz CT molecular complexity index is 851. The summed E-state index contributed by atoms with van der Waals surface area (Å²) in [4.78, 5) is 25.6. The number of benzene rings is 2. The molecule has 7 nitrogen and oxygen atoms in total. The first kappa shape index (κ1) is 20.1. The lowest BCUT2D eigenvalue weighted by molar-refractivity contribution is -0.385. The van der Waals surface area contributed by atoms with Crippen molar-refractivity contribution in [3.63, 3.8) is 0 Å². The van der Waals surface area contributed by atoms with Gasteiger partial charge in [0.15, 0.2) is 0 Å². The van der Waals surface area contributed by atoms with E-state index in [0.717, 1.165) is 37.2 Å². The molecule has 2 aromatic rings. The predicted octanol–water partition coefficient (Wildman–Crippen LogP) is 3.82. The number of carbonyl (C=O) groups is 1. The monoisotopic (exact) mass is 403 g/mol. The zero-order valence-electron chi connectivity index (χ0n) is 15.6. The van der Waals surface area contributed by atoms with Crippen LogP contribution in [0.25, 0.3) is 0 Å². The second-order valence-corrected chi connectivity index (χ2v) is 7.10. The maximum atomic E-state index is 12.6. The highest BCUT2D eigenvalue weighted by Crippen LogP contribution is 2.27. The fourth-order valence-corrected chi connectivity index (χ4v) is 3.64. The number of nitro benzene ring substituents is 1. The van der Waals surface area contributed by atoms with Crippen molar-refractivity contribution < 1.29 is 14.5 Å². The number of likely N-dealkylation sites (tertiary alicyclic amines) is 1. The maximum absolute atomic E-state index is 12.6. The SMILES string of the molecule is COc1ccc(C(CNC(=O)c2ccc(Cl)cc2[N+](=O)[O-])N2CCCC2)cc1. The Morgan fingerprint density at radius 2 is 1.93 bits per heavy atom. The summed E-state index contributed by atoms with van der Waals surface area (Å²) in [6.45, 7) is 2.26. The molecular weight excluding hydrogens is 382 g/mol. The van der Waals surface area contributed by atoms with Crippen LogP contribution in [0.3, 0.4) is 0 Å². The Morgan fingerprint density at radius 3 is 2.54 bits per heavy atom. The van der Waals surface area contributed by atoms with Gasteiger partial charge in [-0.3, -0.25) is 19.8 Å². The molecule has 0 saturated carbocycles. The molecule has 1 heterocycles. The molecule has 1 N–H and O–H groups in total. The molecule has 0 aromatic heterocycles. The third-order valence-corrected chi connectivity index (χ3v) is 5.17. The predicted molar refractivity (Wildman–Crippen MR) is 107 cm³/mol. The second-order valence-electron chi connectivity index (χ2n) is 6.66. The van der Waals surface area contributed by atoms with Gasteiger partial charge in [-0.25, -0.2) is 0 Å². The first-order chi connectivity index (χ1) is 13.5. The number of nitro groups is 1. The summed E-state index contributed by atoms with van der Waals surface area (Å²) >= 11 is 5.83. The normalized spacial score (nSPS) is 15.2. The van der Waals surface area contributed by atoms with Crippen molar-refractivity contribution in [1.82, 2.24) is 10.2 Å². The number of nitrogens with zero attached hydrogens (tertiary/aromatic N) is 2. The number of carbonyl (C=O) groups excluding carboxylic acids is 1. The van der Waals surface area contributed by atoms with Gasteiger partial charge in [0.25, 0.3) is 11.6 Å². The quantitative estimate of drug-likeness (QED) is 0.561. The molecule has 8 heteroatoms. The Labute approximate surface area is 168 Å². The molecule has 0 radical (unpaired) electrons. The van der Waals surface area contributed by atoms with Gasteiger partial charge < -0.3 is 10.1 Å². The van der Waals surface area contributed by atoms with Crippen molar-refractivity contribution in [2.45, 2.75) is 18.9 Å². The van der Waals surface area contributed by atoms with Crippen LogP contribution in [0.2, 0.25) is 5.02 Å². The van der Waals surface area contributed by atoms with Crippen LogP contribution in [0.5, 0.6) is 5.75 Å². The van der Waals surface area contributed by atoms with E-state index in [9.17, 15) is 14.9 Å². The van der Waals surface area contributed by atoms with Gasteiger partial charge in [0.1, 0.15) is 11.3 Å². The molecule has 1 unspecified atom stereocenters. The van der Waals surface area contributed by atoms with Crippen molar-refractivity contribution in [1.29, 1.82) is 0 Å². The highest BCUT2D eigenvalue weighted by Gasteiger charge is 2.26. The van der Waals surface area contributed by atoms with Gasteiger partial charge in [0.2, 0.25) is 0 Å². The molecule has 148 valence electrons. The third-order valence-electron chi connectivity index (χ3n) is 4.94. The van der Waals surface area contributed by atoms with E-state index in [1.165, 1.54) is 18.2 Å².